The van der Waals surface area contributed by atoms with Crippen molar-refractivity contribution in [3.05, 3.63) is 77.3 Å². The Balaban J connectivity index is 1.69. The van der Waals surface area contributed by atoms with E-state index in [0.717, 1.165) is 0 Å². The van der Waals surface area contributed by atoms with Crippen molar-refractivity contribution in [1.29, 1.82) is 0 Å². The van der Waals surface area contributed by atoms with Gasteiger partial charge in [-0.2, -0.15) is 0 Å². The number of methoxy groups -OCH3 is 1. The molecule has 1 unspecified atom stereocenters. The topological polar surface area (TPSA) is 98.4 Å². The summed E-state index contributed by atoms with van der Waals surface area (Å²) in [4.78, 5) is 27.6. The number of carbonyl (C=O) groups excluding carboxylic acids is 2. The van der Waals surface area contributed by atoms with E-state index in [1.54, 1.807) is 61.5 Å². The van der Waals surface area contributed by atoms with E-state index in [4.69, 9.17) is 18.6 Å². The fourth-order valence-corrected chi connectivity index (χ4v) is 3.93. The van der Waals surface area contributed by atoms with Gasteiger partial charge in [0.2, 0.25) is 6.79 Å². The molecule has 0 bridgehead atoms. The molecule has 2 aliphatic rings. The second-order valence-corrected chi connectivity index (χ2v) is 7.39. The number of aliphatic hydroxyl groups excluding tert-OH is 1. The summed E-state index contributed by atoms with van der Waals surface area (Å²) in [6.45, 7) is 1.84. The SMILES string of the molecule is COc1cccc(N2C(=O)C(=O)/C(=C(\O)c3ccc4c(c3)OCO4)C2c2ccc(C)o2)c1. The van der Waals surface area contributed by atoms with Gasteiger partial charge in [-0.15, -0.1) is 0 Å². The van der Waals surface area contributed by atoms with Crippen molar-refractivity contribution in [3.8, 4) is 17.2 Å². The van der Waals surface area contributed by atoms with E-state index in [2.05, 4.69) is 0 Å². The number of amides is 1. The number of nitrogens with zero attached hydrogens (tertiary/aromatic N) is 1. The molecule has 2 aromatic carbocycles. The van der Waals surface area contributed by atoms with Crippen LogP contribution in [-0.4, -0.2) is 30.7 Å². The number of aryl methyl sites for hydroxylation is 1. The number of aliphatic hydroxyl groups is 1. The zero-order chi connectivity index (χ0) is 22.4. The molecule has 2 aliphatic heterocycles. The number of hydrogen-bond acceptors (Lipinski definition) is 7. The summed E-state index contributed by atoms with van der Waals surface area (Å²) in [6.07, 6.45) is 0. The number of benzene rings is 2. The molecule has 1 aromatic heterocycles. The molecule has 0 spiro atoms. The Morgan fingerprint density at radius 1 is 1.06 bits per heavy atom. The molecule has 1 fully saturated rings. The van der Waals surface area contributed by atoms with E-state index in [1.165, 1.54) is 12.0 Å². The van der Waals surface area contributed by atoms with Crippen molar-refractivity contribution < 1.29 is 33.3 Å². The standard InChI is InChI=1S/C24H19NO7/c1-13-6-8-18(32-13)21-20(22(26)14-7-9-17-19(10-14)31-12-30-17)23(27)24(28)25(21)15-4-3-5-16(11-15)29-2/h3-11,21,26H,12H2,1-2H3/b22-20-. The summed E-state index contributed by atoms with van der Waals surface area (Å²) in [6, 6.07) is 14.1. The monoisotopic (exact) mass is 433 g/mol. The average Bonchev–Trinajstić information content (AvgIpc) is 3.51. The third-order valence-corrected chi connectivity index (χ3v) is 5.45. The van der Waals surface area contributed by atoms with Crippen molar-refractivity contribution in [2.24, 2.45) is 0 Å². The van der Waals surface area contributed by atoms with Gasteiger partial charge in [0.1, 0.15) is 29.1 Å². The van der Waals surface area contributed by atoms with Gasteiger partial charge in [-0.25, -0.2) is 0 Å². The van der Waals surface area contributed by atoms with Crippen molar-refractivity contribution >= 4 is 23.1 Å². The Kier molecular flexibility index (Phi) is 4.62. The van der Waals surface area contributed by atoms with E-state index in [0.29, 0.717) is 40.0 Å². The highest BCUT2D eigenvalue weighted by atomic mass is 16.7. The Morgan fingerprint density at radius 2 is 1.88 bits per heavy atom. The summed E-state index contributed by atoms with van der Waals surface area (Å²) in [7, 11) is 1.51. The number of ketones is 1. The number of carbonyl (C=O) groups is 2. The van der Waals surface area contributed by atoms with Gasteiger partial charge in [-0.05, 0) is 49.4 Å². The lowest BCUT2D eigenvalue weighted by atomic mass is 9.99. The van der Waals surface area contributed by atoms with Gasteiger partial charge >= 0.3 is 0 Å². The molecule has 8 heteroatoms. The van der Waals surface area contributed by atoms with Crippen LogP contribution in [0.1, 0.15) is 23.1 Å². The zero-order valence-electron chi connectivity index (χ0n) is 17.3. The van der Waals surface area contributed by atoms with Crippen LogP contribution in [0.3, 0.4) is 0 Å². The first-order chi connectivity index (χ1) is 15.5. The van der Waals surface area contributed by atoms with E-state index in [-0.39, 0.29) is 18.1 Å². The lowest BCUT2D eigenvalue weighted by Crippen LogP contribution is -2.29. The number of anilines is 1. The molecule has 1 atom stereocenters. The molecular formula is C24H19NO7. The Labute approximate surface area is 183 Å². The van der Waals surface area contributed by atoms with Gasteiger partial charge in [0.15, 0.2) is 11.5 Å². The molecule has 0 saturated carbocycles. The minimum absolute atomic E-state index is 0.0749. The highest BCUT2D eigenvalue weighted by Crippen LogP contribution is 2.44. The number of fused-ring (bicyclic) bond motifs is 1. The maximum Gasteiger partial charge on any atom is 0.300 e. The van der Waals surface area contributed by atoms with E-state index < -0.39 is 17.7 Å². The molecule has 1 amide bonds. The second-order valence-electron chi connectivity index (χ2n) is 7.39. The van der Waals surface area contributed by atoms with Crippen molar-refractivity contribution in [2.75, 3.05) is 18.8 Å². The molecule has 0 radical (unpaired) electrons. The van der Waals surface area contributed by atoms with Crippen LogP contribution < -0.4 is 19.1 Å². The summed E-state index contributed by atoms with van der Waals surface area (Å²) in [5.41, 5.74) is 0.687. The smallest absolute Gasteiger partial charge is 0.300 e. The summed E-state index contributed by atoms with van der Waals surface area (Å²) < 4.78 is 21.8. The van der Waals surface area contributed by atoms with Gasteiger partial charge in [-0.3, -0.25) is 14.5 Å². The summed E-state index contributed by atoms with van der Waals surface area (Å²) in [5.74, 6) is 0.548. The maximum atomic E-state index is 13.1. The third-order valence-electron chi connectivity index (χ3n) is 5.45. The van der Waals surface area contributed by atoms with Crippen LogP contribution in [-0.2, 0) is 9.59 Å². The van der Waals surface area contributed by atoms with E-state index in [9.17, 15) is 14.7 Å². The third kappa shape index (κ3) is 3.08. The van der Waals surface area contributed by atoms with Gasteiger partial charge in [0.25, 0.3) is 11.7 Å². The predicted octanol–water partition coefficient (Wildman–Crippen LogP) is 3.95. The lowest BCUT2D eigenvalue weighted by Gasteiger charge is -2.23. The number of ether oxygens (including phenoxy) is 3. The van der Waals surface area contributed by atoms with Gasteiger partial charge < -0.3 is 23.7 Å². The second kappa shape index (κ2) is 7.49. The van der Waals surface area contributed by atoms with Crippen LogP contribution in [0.25, 0.3) is 5.76 Å². The molecule has 32 heavy (non-hydrogen) atoms. The van der Waals surface area contributed by atoms with Gasteiger partial charge in [0, 0.05) is 17.3 Å². The summed E-state index contributed by atoms with van der Waals surface area (Å²) >= 11 is 0. The fourth-order valence-electron chi connectivity index (χ4n) is 3.93. The minimum atomic E-state index is -0.957. The van der Waals surface area contributed by atoms with Crippen LogP contribution in [0.5, 0.6) is 17.2 Å². The van der Waals surface area contributed by atoms with Crippen molar-refractivity contribution in [3.63, 3.8) is 0 Å². The Bertz CT molecular complexity index is 1270. The minimum Gasteiger partial charge on any atom is -0.507 e. The molecule has 5 rings (SSSR count). The van der Waals surface area contributed by atoms with Crippen molar-refractivity contribution in [1.82, 2.24) is 0 Å². The molecule has 3 aromatic rings. The fraction of sp³-hybridized carbons (Fsp3) is 0.167. The average molecular weight is 433 g/mol. The summed E-state index contributed by atoms with van der Waals surface area (Å²) in [5, 5.41) is 11.2. The van der Waals surface area contributed by atoms with Gasteiger partial charge in [-0.1, -0.05) is 6.07 Å². The van der Waals surface area contributed by atoms with E-state index in [1.807, 2.05) is 0 Å². The molecule has 8 nitrogen and oxygen atoms in total. The van der Waals surface area contributed by atoms with Crippen molar-refractivity contribution in [2.45, 2.75) is 13.0 Å². The normalized spacial score (nSPS) is 18.9. The number of Topliss-reactive ketones (excluding diaryl/α,β-unsaturated/α-hetero) is 1. The largest absolute Gasteiger partial charge is 0.507 e. The van der Waals surface area contributed by atoms with Crippen LogP contribution in [0.15, 0.2) is 64.6 Å². The molecular weight excluding hydrogens is 414 g/mol. The van der Waals surface area contributed by atoms with Crippen LogP contribution in [0, 0.1) is 6.92 Å². The zero-order valence-corrected chi connectivity index (χ0v) is 17.3. The number of rotatable bonds is 4. The molecule has 3 heterocycles. The highest BCUT2D eigenvalue weighted by molar-refractivity contribution is 6.51. The first-order valence-electron chi connectivity index (χ1n) is 9.89. The van der Waals surface area contributed by atoms with E-state index >= 15 is 0 Å². The maximum absolute atomic E-state index is 13.1. The Morgan fingerprint density at radius 3 is 2.62 bits per heavy atom. The Hall–Kier alpha value is -4.20. The predicted molar refractivity (Wildman–Crippen MR) is 114 cm³/mol. The first kappa shape index (κ1) is 19.7. The molecule has 162 valence electrons. The lowest BCUT2D eigenvalue weighted by molar-refractivity contribution is -0.132. The molecule has 1 saturated heterocycles. The number of furan rings is 1. The molecule has 0 aliphatic carbocycles. The van der Waals surface area contributed by atoms with Crippen LogP contribution in [0.2, 0.25) is 0 Å². The first-order valence-corrected chi connectivity index (χ1v) is 9.89. The van der Waals surface area contributed by atoms with Gasteiger partial charge in [0.05, 0.1) is 12.7 Å². The van der Waals surface area contributed by atoms with Crippen LogP contribution in [0.4, 0.5) is 5.69 Å². The number of hydrogen-bond donors (Lipinski definition) is 1. The molecule has 1 N–H and O–H groups in total. The quantitative estimate of drug-likeness (QED) is 0.378. The highest BCUT2D eigenvalue weighted by Gasteiger charge is 2.48. The van der Waals surface area contributed by atoms with Crippen LogP contribution >= 0.6 is 0 Å².